The van der Waals surface area contributed by atoms with Crippen LogP contribution in [0.3, 0.4) is 0 Å². The minimum Gasteiger partial charge on any atom is -0.317 e. The van der Waals surface area contributed by atoms with Gasteiger partial charge in [-0.25, -0.2) is 9.11 Å². The minimum atomic E-state index is -4.21. The summed E-state index contributed by atoms with van der Waals surface area (Å²) >= 11 is 1.36. The lowest BCUT2D eigenvalue weighted by molar-refractivity contribution is -0.127. The summed E-state index contributed by atoms with van der Waals surface area (Å²) in [6, 6.07) is 9.40. The molecule has 0 spiro atoms. The molecule has 0 amide bonds. The van der Waals surface area contributed by atoms with Gasteiger partial charge in [-0.15, -0.1) is 0 Å². The van der Waals surface area contributed by atoms with Gasteiger partial charge in [0, 0.05) is 4.90 Å². The van der Waals surface area contributed by atoms with Crippen LogP contribution in [-0.2, 0) is 12.0 Å². The highest BCUT2D eigenvalue weighted by Gasteiger charge is 2.35. The van der Waals surface area contributed by atoms with E-state index in [1.54, 1.807) is 18.2 Å². The van der Waals surface area contributed by atoms with Gasteiger partial charge in [0.1, 0.15) is 5.82 Å². The van der Waals surface area contributed by atoms with E-state index in [1.807, 2.05) is 0 Å². The number of pyridine rings is 1. The Morgan fingerprint density at radius 1 is 1.08 bits per heavy atom. The number of halogens is 4. The minimum absolute atomic E-state index is 0.235. The fourth-order valence-electron chi connectivity index (χ4n) is 2.99. The van der Waals surface area contributed by atoms with Crippen molar-refractivity contribution in [1.82, 2.24) is 15.0 Å². The van der Waals surface area contributed by atoms with Gasteiger partial charge in [-0.3, -0.25) is 4.98 Å². The van der Waals surface area contributed by atoms with Gasteiger partial charge in [-0.1, -0.05) is 12.1 Å². The fraction of sp³-hybridized carbons (Fsp3) is 0.389. The molecule has 26 heavy (non-hydrogen) atoms. The Morgan fingerprint density at radius 2 is 1.77 bits per heavy atom. The van der Waals surface area contributed by atoms with Crippen LogP contribution in [0.4, 0.5) is 17.6 Å². The standard InChI is InChI=1S/C18H19F4N3S/c19-14-3-6-16(24-12-14)17(7-9-23-10-8-17)25-26-15-4-1-13(2-5-15)11-18(20,21)22/h1-6,12,23,25H,7-11H2. The Bertz CT molecular complexity index is 711. The summed E-state index contributed by atoms with van der Waals surface area (Å²) in [5, 5.41) is 3.29. The first-order chi connectivity index (χ1) is 12.4. The molecular weight excluding hydrogens is 366 g/mol. The lowest BCUT2D eigenvalue weighted by Crippen LogP contribution is -2.47. The van der Waals surface area contributed by atoms with Crippen LogP contribution in [0.5, 0.6) is 0 Å². The third-order valence-corrected chi connectivity index (χ3v) is 5.37. The van der Waals surface area contributed by atoms with E-state index in [1.165, 1.54) is 36.3 Å². The highest BCUT2D eigenvalue weighted by atomic mass is 32.2. The molecule has 2 N–H and O–H groups in total. The Hall–Kier alpha value is -1.64. The average molecular weight is 385 g/mol. The molecule has 0 bridgehead atoms. The van der Waals surface area contributed by atoms with E-state index < -0.39 is 18.1 Å². The molecule has 0 aliphatic carbocycles. The van der Waals surface area contributed by atoms with Gasteiger partial charge in [0.2, 0.25) is 0 Å². The van der Waals surface area contributed by atoms with E-state index in [2.05, 4.69) is 15.0 Å². The van der Waals surface area contributed by atoms with Crippen LogP contribution in [0.25, 0.3) is 0 Å². The summed E-state index contributed by atoms with van der Waals surface area (Å²) in [6.07, 6.45) is -2.37. The summed E-state index contributed by atoms with van der Waals surface area (Å²) in [5.41, 5.74) is 0.592. The van der Waals surface area contributed by atoms with E-state index in [4.69, 9.17) is 0 Å². The predicted octanol–water partition coefficient (Wildman–Crippen LogP) is 4.20. The van der Waals surface area contributed by atoms with E-state index in [0.717, 1.165) is 36.5 Å². The largest absolute Gasteiger partial charge is 0.393 e. The molecule has 0 atom stereocenters. The van der Waals surface area contributed by atoms with Crippen molar-refractivity contribution in [3.63, 3.8) is 0 Å². The zero-order valence-corrected chi connectivity index (χ0v) is 14.8. The second-order valence-electron chi connectivity index (χ2n) is 6.33. The van der Waals surface area contributed by atoms with Crippen LogP contribution in [0.2, 0.25) is 0 Å². The average Bonchev–Trinajstić information content (AvgIpc) is 2.61. The van der Waals surface area contributed by atoms with Crippen LogP contribution in [0.1, 0.15) is 24.1 Å². The Balaban J connectivity index is 1.71. The van der Waals surface area contributed by atoms with Crippen molar-refractivity contribution < 1.29 is 17.6 Å². The van der Waals surface area contributed by atoms with Gasteiger partial charge >= 0.3 is 6.18 Å². The molecule has 1 aliphatic rings. The molecule has 0 radical (unpaired) electrons. The molecule has 1 saturated heterocycles. The molecule has 1 aliphatic heterocycles. The van der Waals surface area contributed by atoms with Crippen molar-refractivity contribution in [3.8, 4) is 0 Å². The molecule has 0 saturated carbocycles. The highest BCUT2D eigenvalue weighted by Crippen LogP contribution is 2.33. The number of benzene rings is 1. The molecule has 8 heteroatoms. The van der Waals surface area contributed by atoms with Gasteiger partial charge < -0.3 is 5.32 Å². The number of hydrogen-bond acceptors (Lipinski definition) is 4. The first-order valence-corrected chi connectivity index (χ1v) is 9.10. The van der Waals surface area contributed by atoms with Crippen LogP contribution in [0.15, 0.2) is 47.5 Å². The number of aromatic nitrogens is 1. The van der Waals surface area contributed by atoms with Gasteiger partial charge in [0.05, 0.1) is 23.9 Å². The summed E-state index contributed by atoms with van der Waals surface area (Å²) < 4.78 is 54.0. The Labute approximate surface area is 153 Å². The maximum absolute atomic E-state index is 13.2. The summed E-state index contributed by atoms with van der Waals surface area (Å²) in [4.78, 5) is 5.05. The maximum Gasteiger partial charge on any atom is 0.393 e. The first kappa shape index (κ1) is 19.1. The lowest BCUT2D eigenvalue weighted by atomic mass is 9.86. The zero-order chi connectivity index (χ0) is 18.6. The Kier molecular flexibility index (Phi) is 5.84. The van der Waals surface area contributed by atoms with Crippen molar-refractivity contribution in [2.45, 2.75) is 35.9 Å². The second-order valence-corrected chi connectivity index (χ2v) is 7.21. The van der Waals surface area contributed by atoms with Gasteiger partial charge in [0.15, 0.2) is 0 Å². The SMILES string of the molecule is Fc1ccc(C2(NSc3ccc(CC(F)(F)F)cc3)CCNCC2)nc1. The quantitative estimate of drug-likeness (QED) is 0.598. The molecule has 1 fully saturated rings. The van der Waals surface area contributed by atoms with Gasteiger partial charge in [0.25, 0.3) is 0 Å². The summed E-state index contributed by atoms with van der Waals surface area (Å²) in [5.74, 6) is -0.384. The van der Waals surface area contributed by atoms with Crippen molar-refractivity contribution in [2.24, 2.45) is 0 Å². The second kappa shape index (κ2) is 7.94. The monoisotopic (exact) mass is 385 g/mol. The zero-order valence-electron chi connectivity index (χ0n) is 13.9. The number of nitrogens with one attached hydrogen (secondary N) is 2. The molecule has 0 unspecified atom stereocenters. The molecule has 3 nitrogen and oxygen atoms in total. The number of rotatable bonds is 5. The summed E-state index contributed by atoms with van der Waals surface area (Å²) in [6.45, 7) is 1.61. The lowest BCUT2D eigenvalue weighted by Gasteiger charge is -2.37. The third-order valence-electron chi connectivity index (χ3n) is 4.37. The first-order valence-electron chi connectivity index (χ1n) is 8.29. The topological polar surface area (TPSA) is 37.0 Å². The molecule has 1 aromatic heterocycles. The van der Waals surface area contributed by atoms with E-state index in [0.29, 0.717) is 0 Å². The highest BCUT2D eigenvalue weighted by molar-refractivity contribution is 7.97. The number of nitrogens with zero attached hydrogens (tertiary/aromatic N) is 1. The van der Waals surface area contributed by atoms with Crippen LogP contribution in [-0.4, -0.2) is 24.2 Å². The number of alkyl halides is 3. The van der Waals surface area contributed by atoms with Gasteiger partial charge in [-0.2, -0.15) is 13.2 Å². The molecule has 1 aromatic carbocycles. The smallest absolute Gasteiger partial charge is 0.317 e. The van der Waals surface area contributed by atoms with E-state index >= 15 is 0 Å². The van der Waals surface area contributed by atoms with Crippen LogP contribution < -0.4 is 10.0 Å². The molecule has 2 aromatic rings. The van der Waals surface area contributed by atoms with Crippen molar-refractivity contribution in [2.75, 3.05) is 13.1 Å². The molecule has 2 heterocycles. The number of piperidine rings is 1. The van der Waals surface area contributed by atoms with Crippen LogP contribution >= 0.6 is 11.9 Å². The molecule has 3 rings (SSSR count). The third kappa shape index (κ3) is 4.96. The normalized spacial score (nSPS) is 17.2. The van der Waals surface area contributed by atoms with Crippen LogP contribution in [0, 0.1) is 5.82 Å². The van der Waals surface area contributed by atoms with Crippen molar-refractivity contribution in [3.05, 3.63) is 59.7 Å². The summed E-state index contributed by atoms with van der Waals surface area (Å²) in [7, 11) is 0. The molecule has 140 valence electrons. The maximum atomic E-state index is 13.2. The number of hydrogen-bond donors (Lipinski definition) is 2. The van der Waals surface area contributed by atoms with Crippen molar-refractivity contribution >= 4 is 11.9 Å². The fourth-order valence-corrected chi connectivity index (χ4v) is 3.88. The predicted molar refractivity (Wildman–Crippen MR) is 93.2 cm³/mol. The Morgan fingerprint density at radius 3 is 2.35 bits per heavy atom. The van der Waals surface area contributed by atoms with E-state index in [9.17, 15) is 17.6 Å². The van der Waals surface area contributed by atoms with E-state index in [-0.39, 0.29) is 11.4 Å². The van der Waals surface area contributed by atoms with Crippen molar-refractivity contribution in [1.29, 1.82) is 0 Å². The van der Waals surface area contributed by atoms with Gasteiger partial charge in [-0.05, 0) is 67.7 Å². The molecular formula is C18H19F4N3S.